The second-order valence-corrected chi connectivity index (χ2v) is 7.67. The number of carbonyl (C=O) groups excluding carboxylic acids is 3. The smallest absolute Gasteiger partial charge is 0.263 e. The van der Waals surface area contributed by atoms with Gasteiger partial charge in [0.2, 0.25) is 5.91 Å². The zero-order valence-electron chi connectivity index (χ0n) is 16.5. The highest BCUT2D eigenvalue weighted by molar-refractivity contribution is 6.31. The molecule has 4 rings (SSSR count). The molecule has 2 heterocycles. The minimum absolute atomic E-state index is 0.210. The number of hydrogen-bond acceptors (Lipinski definition) is 6. The zero-order chi connectivity index (χ0) is 21.4. The summed E-state index contributed by atoms with van der Waals surface area (Å²) in [5, 5.41) is 12.4. The van der Waals surface area contributed by atoms with Crippen molar-refractivity contribution in [3.8, 4) is 0 Å². The second kappa shape index (κ2) is 7.87. The van der Waals surface area contributed by atoms with Crippen LogP contribution in [0.5, 0.6) is 0 Å². The summed E-state index contributed by atoms with van der Waals surface area (Å²) in [5.74, 6) is -1.26. The molecule has 0 bridgehead atoms. The molecule has 154 valence electrons. The third-order valence-electron chi connectivity index (χ3n) is 5.24. The number of benzene rings is 2. The third-order valence-corrected chi connectivity index (χ3v) is 5.48. The molecule has 3 amide bonds. The van der Waals surface area contributed by atoms with Gasteiger partial charge in [0.25, 0.3) is 11.8 Å². The Hall–Kier alpha value is -3.26. The van der Waals surface area contributed by atoms with Crippen molar-refractivity contribution in [1.82, 2.24) is 5.01 Å². The molecule has 8 nitrogen and oxygen atoms in total. The first-order valence-corrected chi connectivity index (χ1v) is 9.97. The van der Waals surface area contributed by atoms with Crippen LogP contribution in [0.25, 0.3) is 0 Å². The molecule has 0 radical (unpaired) electrons. The number of halogens is 1. The molecule has 2 atom stereocenters. The van der Waals surface area contributed by atoms with Crippen molar-refractivity contribution in [2.75, 3.05) is 16.8 Å². The fourth-order valence-corrected chi connectivity index (χ4v) is 3.73. The molecular formula is C21H20ClN5O3. The molecule has 1 N–H and O–H groups in total. The van der Waals surface area contributed by atoms with Gasteiger partial charge in [0, 0.05) is 10.7 Å². The molecule has 0 unspecified atom stereocenters. The van der Waals surface area contributed by atoms with E-state index in [4.69, 9.17) is 11.6 Å². The van der Waals surface area contributed by atoms with Crippen LogP contribution < -0.4 is 10.2 Å². The summed E-state index contributed by atoms with van der Waals surface area (Å²) in [6.07, 6.45) is 0.858. The highest BCUT2D eigenvalue weighted by atomic mass is 35.5. The molecule has 2 aliphatic heterocycles. The van der Waals surface area contributed by atoms with Crippen molar-refractivity contribution in [3.63, 3.8) is 0 Å². The van der Waals surface area contributed by atoms with Crippen LogP contribution in [0.3, 0.4) is 0 Å². The number of aryl methyl sites for hydroxylation is 2. The molecule has 2 aromatic rings. The highest BCUT2D eigenvalue weighted by Crippen LogP contribution is 2.32. The number of anilines is 2. The lowest BCUT2D eigenvalue weighted by atomic mass is 10.1. The first-order valence-electron chi connectivity index (χ1n) is 9.59. The standard InChI is InChI=1S/C21H20ClN5O3/c1-3-13-5-8-15(9-6-13)27-20(29)18-19(21(27)30)26(25-24-18)11-17(28)23-16-10-14(22)7-4-12(16)2/h4-10,18-19H,3,11H2,1-2H3,(H,23,28)/t18-,19-/m1/s1. The summed E-state index contributed by atoms with van der Waals surface area (Å²) >= 11 is 5.99. The van der Waals surface area contributed by atoms with E-state index in [1.807, 2.05) is 26.0 Å². The van der Waals surface area contributed by atoms with Crippen LogP contribution in [-0.4, -0.2) is 41.4 Å². The summed E-state index contributed by atoms with van der Waals surface area (Å²) in [6.45, 7) is 3.66. The number of fused-ring (bicyclic) bond motifs is 1. The van der Waals surface area contributed by atoms with E-state index in [0.29, 0.717) is 16.4 Å². The van der Waals surface area contributed by atoms with Crippen molar-refractivity contribution < 1.29 is 14.4 Å². The Labute approximate surface area is 178 Å². The largest absolute Gasteiger partial charge is 0.324 e. The quantitative estimate of drug-likeness (QED) is 0.744. The van der Waals surface area contributed by atoms with Gasteiger partial charge in [-0.3, -0.25) is 19.4 Å². The first kappa shape index (κ1) is 20.0. The van der Waals surface area contributed by atoms with Gasteiger partial charge in [0.1, 0.15) is 6.54 Å². The Morgan fingerprint density at radius 2 is 1.87 bits per heavy atom. The van der Waals surface area contributed by atoms with E-state index in [-0.39, 0.29) is 12.5 Å². The van der Waals surface area contributed by atoms with Crippen molar-refractivity contribution in [2.24, 2.45) is 10.3 Å². The van der Waals surface area contributed by atoms with Gasteiger partial charge in [-0.05, 0) is 48.7 Å². The lowest BCUT2D eigenvalue weighted by Crippen LogP contribution is -2.43. The third kappa shape index (κ3) is 3.54. The predicted molar refractivity (Wildman–Crippen MR) is 112 cm³/mol. The number of carbonyl (C=O) groups is 3. The van der Waals surface area contributed by atoms with Crippen molar-refractivity contribution >= 4 is 40.7 Å². The minimum atomic E-state index is -0.941. The van der Waals surface area contributed by atoms with Gasteiger partial charge >= 0.3 is 0 Å². The number of nitrogens with zero attached hydrogens (tertiary/aromatic N) is 4. The number of rotatable bonds is 5. The van der Waals surface area contributed by atoms with E-state index in [1.165, 1.54) is 5.01 Å². The lowest BCUT2D eigenvalue weighted by molar-refractivity contribution is -0.123. The SMILES string of the molecule is CCc1ccc(N2C(=O)[C@@H]3N=NN(CC(=O)Nc4cc(Cl)ccc4C)[C@H]3C2=O)cc1. The molecule has 2 aliphatic rings. The molecule has 9 heteroatoms. The molecule has 2 aromatic carbocycles. The van der Waals surface area contributed by atoms with Crippen LogP contribution in [0.15, 0.2) is 52.8 Å². The molecule has 0 saturated carbocycles. The average Bonchev–Trinajstić information content (AvgIpc) is 3.24. The fraction of sp³-hybridized carbons (Fsp3) is 0.286. The summed E-state index contributed by atoms with van der Waals surface area (Å²) in [6, 6.07) is 10.6. The maximum atomic E-state index is 13.0. The minimum Gasteiger partial charge on any atom is -0.324 e. The Balaban J connectivity index is 1.49. The topological polar surface area (TPSA) is 94.4 Å². The Bertz CT molecular complexity index is 1050. The van der Waals surface area contributed by atoms with Gasteiger partial charge < -0.3 is 5.32 Å². The van der Waals surface area contributed by atoms with Crippen LogP contribution in [0.4, 0.5) is 11.4 Å². The number of nitrogens with one attached hydrogen (secondary N) is 1. The van der Waals surface area contributed by atoms with E-state index >= 15 is 0 Å². The van der Waals surface area contributed by atoms with Crippen molar-refractivity contribution in [3.05, 3.63) is 58.6 Å². The zero-order valence-corrected chi connectivity index (χ0v) is 17.3. The van der Waals surface area contributed by atoms with E-state index in [0.717, 1.165) is 22.4 Å². The number of amides is 3. The Kier molecular flexibility index (Phi) is 5.26. The highest BCUT2D eigenvalue weighted by Gasteiger charge is 2.55. The Morgan fingerprint density at radius 3 is 2.57 bits per heavy atom. The fourth-order valence-electron chi connectivity index (χ4n) is 3.55. The molecular weight excluding hydrogens is 406 g/mol. The molecule has 0 aliphatic carbocycles. The lowest BCUT2D eigenvalue weighted by Gasteiger charge is -2.20. The first-order chi connectivity index (χ1) is 14.4. The van der Waals surface area contributed by atoms with Gasteiger partial charge in [-0.1, -0.05) is 41.9 Å². The van der Waals surface area contributed by atoms with Gasteiger partial charge in [-0.25, -0.2) is 4.90 Å². The summed E-state index contributed by atoms with van der Waals surface area (Å²) in [7, 11) is 0. The van der Waals surface area contributed by atoms with E-state index in [2.05, 4.69) is 15.7 Å². The van der Waals surface area contributed by atoms with Crippen LogP contribution in [0, 0.1) is 6.92 Å². The van der Waals surface area contributed by atoms with Crippen LogP contribution in [-0.2, 0) is 20.8 Å². The van der Waals surface area contributed by atoms with E-state index in [9.17, 15) is 14.4 Å². The summed E-state index contributed by atoms with van der Waals surface area (Å²) in [4.78, 5) is 39.4. The maximum Gasteiger partial charge on any atom is 0.263 e. The average molecular weight is 426 g/mol. The van der Waals surface area contributed by atoms with Crippen LogP contribution in [0.2, 0.25) is 5.02 Å². The van der Waals surface area contributed by atoms with Crippen molar-refractivity contribution in [1.29, 1.82) is 0 Å². The predicted octanol–water partition coefficient (Wildman–Crippen LogP) is 3.14. The molecule has 0 aromatic heterocycles. The number of imide groups is 1. The van der Waals surface area contributed by atoms with Crippen LogP contribution >= 0.6 is 11.6 Å². The molecule has 0 spiro atoms. The number of hydrogen-bond donors (Lipinski definition) is 1. The second-order valence-electron chi connectivity index (χ2n) is 7.23. The molecule has 1 fully saturated rings. The van der Waals surface area contributed by atoms with E-state index in [1.54, 1.807) is 30.3 Å². The van der Waals surface area contributed by atoms with Gasteiger partial charge in [0.05, 0.1) is 5.69 Å². The molecule has 1 saturated heterocycles. The maximum absolute atomic E-state index is 13.0. The summed E-state index contributed by atoms with van der Waals surface area (Å²) in [5.41, 5.74) is 3.02. The van der Waals surface area contributed by atoms with Gasteiger partial charge in [-0.15, -0.1) is 0 Å². The van der Waals surface area contributed by atoms with Gasteiger partial charge in [-0.2, -0.15) is 5.11 Å². The van der Waals surface area contributed by atoms with Crippen molar-refractivity contribution in [2.45, 2.75) is 32.4 Å². The van der Waals surface area contributed by atoms with Gasteiger partial charge in [0.15, 0.2) is 12.1 Å². The van der Waals surface area contributed by atoms with E-state index < -0.39 is 23.9 Å². The normalized spacial score (nSPS) is 20.1. The monoisotopic (exact) mass is 425 g/mol. The molecule has 30 heavy (non-hydrogen) atoms. The van der Waals surface area contributed by atoms with Crippen LogP contribution in [0.1, 0.15) is 18.1 Å². The Morgan fingerprint density at radius 1 is 1.13 bits per heavy atom. The summed E-state index contributed by atoms with van der Waals surface area (Å²) < 4.78 is 0.